The molecule has 0 saturated heterocycles. The number of nitrogen functional groups attached to an aromatic ring is 1. The Balaban J connectivity index is 1.49. The lowest BCUT2D eigenvalue weighted by molar-refractivity contribution is 0.572. The fraction of sp³-hybridized carbons (Fsp3) is 0.118. The Morgan fingerprint density at radius 3 is 2.70 bits per heavy atom. The molecule has 0 unspecified atom stereocenters. The van der Waals surface area contributed by atoms with Crippen LogP contribution in [0.5, 0.6) is 0 Å². The van der Waals surface area contributed by atoms with E-state index in [1.807, 2.05) is 54.1 Å². The third kappa shape index (κ3) is 3.90. The number of nitrogens with one attached hydrogen (secondary N) is 1. The normalized spacial score (nSPS) is 10.9. The van der Waals surface area contributed by atoms with E-state index in [-0.39, 0.29) is 5.95 Å². The summed E-state index contributed by atoms with van der Waals surface area (Å²) in [5, 5.41) is 12.2. The predicted octanol–water partition coefficient (Wildman–Crippen LogP) is 2.88. The number of anilines is 3. The van der Waals surface area contributed by atoms with E-state index in [4.69, 9.17) is 10.2 Å². The number of benzene rings is 1. The lowest BCUT2D eigenvalue weighted by Gasteiger charge is -2.07. The second kappa shape index (κ2) is 7.46. The fourth-order valence-electron chi connectivity index (χ4n) is 2.40. The summed E-state index contributed by atoms with van der Waals surface area (Å²) in [6.07, 6.45) is 1.60. The minimum Gasteiger partial charge on any atom is -0.461 e. The molecule has 4 aromatic rings. The van der Waals surface area contributed by atoms with Crippen LogP contribution in [-0.4, -0.2) is 29.7 Å². The Labute approximate surface area is 159 Å². The molecule has 3 N–H and O–H groups in total. The molecular weight excluding hydrogens is 364 g/mol. The van der Waals surface area contributed by atoms with E-state index < -0.39 is 0 Å². The summed E-state index contributed by atoms with van der Waals surface area (Å²) in [5.74, 6) is 2.90. The summed E-state index contributed by atoms with van der Waals surface area (Å²) in [6, 6.07) is 13.3. The van der Waals surface area contributed by atoms with Crippen molar-refractivity contribution in [3.63, 3.8) is 0 Å². The molecule has 1 aromatic carbocycles. The third-order valence-electron chi connectivity index (χ3n) is 3.64. The molecule has 4 rings (SSSR count). The molecule has 0 aliphatic rings. The summed E-state index contributed by atoms with van der Waals surface area (Å²) in [7, 11) is 1.88. The first kappa shape index (κ1) is 17.0. The number of aromatic nitrogens is 6. The van der Waals surface area contributed by atoms with E-state index >= 15 is 0 Å². The highest BCUT2D eigenvalue weighted by atomic mass is 32.2. The maximum atomic E-state index is 5.82. The number of thioether (sulfide) groups is 1. The van der Waals surface area contributed by atoms with E-state index in [0.29, 0.717) is 29.1 Å². The number of hydrogen-bond donors (Lipinski definition) is 2. The molecule has 0 amide bonds. The predicted molar refractivity (Wildman–Crippen MR) is 102 cm³/mol. The number of hydrogen-bond acceptors (Lipinski definition) is 9. The van der Waals surface area contributed by atoms with Gasteiger partial charge in [-0.05, 0) is 24.3 Å². The minimum absolute atomic E-state index is 0.160. The molecule has 0 aliphatic heterocycles. The highest BCUT2D eigenvalue weighted by Crippen LogP contribution is 2.25. The first-order chi connectivity index (χ1) is 13.2. The Bertz CT molecular complexity index is 1030. The third-order valence-corrected chi connectivity index (χ3v) is 4.65. The van der Waals surface area contributed by atoms with E-state index in [9.17, 15) is 0 Å². The van der Waals surface area contributed by atoms with Gasteiger partial charge in [0, 0.05) is 12.7 Å². The van der Waals surface area contributed by atoms with Crippen molar-refractivity contribution < 1.29 is 4.42 Å². The van der Waals surface area contributed by atoms with Gasteiger partial charge in [-0.25, -0.2) is 0 Å². The molecule has 0 atom stereocenters. The summed E-state index contributed by atoms with van der Waals surface area (Å²) < 4.78 is 7.23. The summed E-state index contributed by atoms with van der Waals surface area (Å²) >= 11 is 1.45. The van der Waals surface area contributed by atoms with Gasteiger partial charge in [0.1, 0.15) is 5.82 Å². The van der Waals surface area contributed by atoms with Gasteiger partial charge in [-0.3, -0.25) is 0 Å². The molecule has 27 heavy (non-hydrogen) atoms. The molecule has 10 heteroatoms. The van der Waals surface area contributed by atoms with Crippen LogP contribution in [0.25, 0.3) is 11.6 Å². The smallest absolute Gasteiger partial charge is 0.232 e. The van der Waals surface area contributed by atoms with Crippen molar-refractivity contribution in [1.29, 1.82) is 0 Å². The molecule has 0 fully saturated rings. The van der Waals surface area contributed by atoms with Gasteiger partial charge >= 0.3 is 0 Å². The van der Waals surface area contributed by atoms with Gasteiger partial charge in [0.25, 0.3) is 0 Å². The van der Waals surface area contributed by atoms with Gasteiger partial charge in [-0.2, -0.15) is 15.0 Å². The second-order valence-corrected chi connectivity index (χ2v) is 6.50. The van der Waals surface area contributed by atoms with E-state index in [2.05, 4.69) is 30.5 Å². The molecule has 0 saturated carbocycles. The van der Waals surface area contributed by atoms with Gasteiger partial charge in [0.05, 0.1) is 12.0 Å². The minimum atomic E-state index is 0.160. The number of para-hydroxylation sites is 1. The molecule has 0 spiro atoms. The zero-order valence-corrected chi connectivity index (χ0v) is 15.2. The summed E-state index contributed by atoms with van der Waals surface area (Å²) in [4.78, 5) is 12.7. The van der Waals surface area contributed by atoms with Crippen LogP contribution in [-0.2, 0) is 12.8 Å². The molecule has 9 nitrogen and oxygen atoms in total. The monoisotopic (exact) mass is 380 g/mol. The summed E-state index contributed by atoms with van der Waals surface area (Å²) in [6.45, 7) is 0. The standard InChI is InChI=1S/C17H16N8OS/c1-25-14(12-8-5-9-26-12)23-24-17(25)27-10-13-20-15(18)22-16(21-13)19-11-6-3-2-4-7-11/h2-9H,10H2,1H3,(H3,18,19,20,21,22). The number of rotatable bonds is 6. The number of furan rings is 1. The van der Waals surface area contributed by atoms with Crippen LogP contribution in [0.3, 0.4) is 0 Å². The Kier molecular flexibility index (Phi) is 4.71. The van der Waals surface area contributed by atoms with E-state index in [1.165, 1.54) is 11.8 Å². The molecule has 0 radical (unpaired) electrons. The van der Waals surface area contributed by atoms with Gasteiger partial charge in [-0.1, -0.05) is 30.0 Å². The van der Waals surface area contributed by atoms with Crippen molar-refractivity contribution in [3.05, 3.63) is 54.6 Å². The topological polar surface area (TPSA) is 121 Å². The maximum Gasteiger partial charge on any atom is 0.232 e. The lowest BCUT2D eigenvalue weighted by Crippen LogP contribution is -2.06. The molecule has 3 aromatic heterocycles. The quantitative estimate of drug-likeness (QED) is 0.486. The molecular formula is C17H16N8OS. The average molecular weight is 380 g/mol. The second-order valence-electron chi connectivity index (χ2n) is 5.56. The molecule has 136 valence electrons. The van der Waals surface area contributed by atoms with Crippen LogP contribution in [0.1, 0.15) is 5.82 Å². The maximum absolute atomic E-state index is 5.82. The van der Waals surface area contributed by atoms with Crippen LogP contribution < -0.4 is 11.1 Å². The Morgan fingerprint density at radius 2 is 1.93 bits per heavy atom. The van der Waals surface area contributed by atoms with Gasteiger partial charge in [-0.15, -0.1) is 10.2 Å². The van der Waals surface area contributed by atoms with Crippen molar-refractivity contribution in [2.24, 2.45) is 7.05 Å². The number of nitrogens with zero attached hydrogens (tertiary/aromatic N) is 6. The van der Waals surface area contributed by atoms with Crippen molar-refractivity contribution >= 4 is 29.3 Å². The van der Waals surface area contributed by atoms with Gasteiger partial charge in [0.15, 0.2) is 16.7 Å². The van der Waals surface area contributed by atoms with Crippen LogP contribution in [0.2, 0.25) is 0 Å². The van der Waals surface area contributed by atoms with Crippen LogP contribution in [0.15, 0.2) is 58.3 Å². The van der Waals surface area contributed by atoms with Gasteiger partial charge < -0.3 is 20.0 Å². The first-order valence-electron chi connectivity index (χ1n) is 8.07. The Hall–Kier alpha value is -3.40. The average Bonchev–Trinajstić information content (AvgIpc) is 3.30. The Morgan fingerprint density at radius 1 is 1.07 bits per heavy atom. The van der Waals surface area contributed by atoms with E-state index in [0.717, 1.165) is 10.8 Å². The molecule has 0 aliphatic carbocycles. The zero-order valence-electron chi connectivity index (χ0n) is 14.4. The van der Waals surface area contributed by atoms with Crippen LogP contribution in [0, 0.1) is 0 Å². The fourth-order valence-corrected chi connectivity index (χ4v) is 3.17. The highest BCUT2D eigenvalue weighted by molar-refractivity contribution is 7.98. The SMILES string of the molecule is Cn1c(SCc2nc(N)nc(Nc3ccccc3)n2)nnc1-c1ccco1. The lowest BCUT2D eigenvalue weighted by atomic mass is 10.3. The van der Waals surface area contributed by atoms with Crippen molar-refractivity contribution in [2.75, 3.05) is 11.1 Å². The molecule has 0 bridgehead atoms. The van der Waals surface area contributed by atoms with Crippen molar-refractivity contribution in [1.82, 2.24) is 29.7 Å². The largest absolute Gasteiger partial charge is 0.461 e. The van der Waals surface area contributed by atoms with Crippen molar-refractivity contribution in [2.45, 2.75) is 10.9 Å². The highest BCUT2D eigenvalue weighted by Gasteiger charge is 2.14. The summed E-state index contributed by atoms with van der Waals surface area (Å²) in [5.41, 5.74) is 6.70. The van der Waals surface area contributed by atoms with Crippen LogP contribution in [0.4, 0.5) is 17.6 Å². The zero-order chi connectivity index (χ0) is 18.6. The number of nitrogens with two attached hydrogens (primary N) is 1. The van der Waals surface area contributed by atoms with Crippen LogP contribution >= 0.6 is 11.8 Å². The van der Waals surface area contributed by atoms with Gasteiger partial charge in [0.2, 0.25) is 11.9 Å². The first-order valence-corrected chi connectivity index (χ1v) is 9.06. The van der Waals surface area contributed by atoms with Crippen molar-refractivity contribution in [3.8, 4) is 11.6 Å². The molecule has 3 heterocycles. The van der Waals surface area contributed by atoms with E-state index in [1.54, 1.807) is 6.26 Å².